The number of fused-ring (bicyclic) bond motifs is 3. The number of halogens is 1. The lowest BCUT2D eigenvalue weighted by Crippen LogP contribution is -2.41. The second-order valence-corrected chi connectivity index (χ2v) is 5.89. The molecule has 2 bridgehead atoms. The van der Waals surface area contributed by atoms with E-state index >= 15 is 0 Å². The van der Waals surface area contributed by atoms with E-state index in [0.717, 1.165) is 12.1 Å². The third-order valence-electron chi connectivity index (χ3n) is 3.94. The number of rotatable bonds is 3. The molecule has 3 aliphatic heterocycles. The third kappa shape index (κ3) is 5.30. The lowest BCUT2D eigenvalue weighted by atomic mass is 9.89. The van der Waals surface area contributed by atoms with Crippen molar-refractivity contribution in [3.8, 4) is 0 Å². The Labute approximate surface area is 138 Å². The van der Waals surface area contributed by atoms with E-state index in [1.165, 1.54) is 45.1 Å². The van der Waals surface area contributed by atoms with E-state index in [-0.39, 0.29) is 10.8 Å². The smallest absolute Gasteiger partial charge is 0.338 e. The number of carboxylic acids is 2. The molecule has 7 nitrogen and oxygen atoms in total. The van der Waals surface area contributed by atoms with Gasteiger partial charge in [0.25, 0.3) is 0 Å². The van der Waals surface area contributed by atoms with Gasteiger partial charge in [0.15, 0.2) is 0 Å². The van der Waals surface area contributed by atoms with Crippen LogP contribution in [0.2, 0.25) is 5.15 Å². The molecule has 0 amide bonds. The Morgan fingerprint density at radius 1 is 1.17 bits per heavy atom. The number of carbonyl (C=O) groups is 2. The van der Waals surface area contributed by atoms with E-state index in [2.05, 4.69) is 14.9 Å². The standard InChI is InChI=1S/C8H5ClN2O4.C7H13N/c9-6-3-10-2-5(11-6)4(8(14)15)1-7(12)13;1-4-8-5-2-7(1)3-6-8/h1-3H,(H,12,13)(H,14,15);7H,1-6H2/b4-1-;. The molecule has 3 saturated heterocycles. The second-order valence-electron chi connectivity index (χ2n) is 5.50. The highest BCUT2D eigenvalue weighted by Gasteiger charge is 2.24. The lowest BCUT2D eigenvalue weighted by Gasteiger charge is -2.38. The van der Waals surface area contributed by atoms with Crippen LogP contribution in [0.15, 0.2) is 18.5 Å². The maximum Gasteiger partial charge on any atom is 0.338 e. The minimum absolute atomic E-state index is 0.00922. The predicted molar refractivity (Wildman–Crippen MR) is 84.1 cm³/mol. The Balaban J connectivity index is 0.000000198. The number of carboxylic acid groups (broad SMARTS) is 2. The Hall–Kier alpha value is -1.99. The summed E-state index contributed by atoms with van der Waals surface area (Å²) >= 11 is 5.49. The number of aromatic nitrogens is 2. The average Bonchev–Trinajstić information content (AvgIpc) is 2.54. The summed E-state index contributed by atoms with van der Waals surface area (Å²) in [6.07, 6.45) is 7.32. The van der Waals surface area contributed by atoms with Crippen LogP contribution in [-0.2, 0) is 9.59 Å². The highest BCUT2D eigenvalue weighted by atomic mass is 35.5. The molecule has 3 fully saturated rings. The topological polar surface area (TPSA) is 104 Å². The Kier molecular flexibility index (Phi) is 6.06. The maximum atomic E-state index is 10.7. The van der Waals surface area contributed by atoms with Gasteiger partial charge < -0.3 is 15.1 Å². The van der Waals surface area contributed by atoms with Crippen molar-refractivity contribution in [3.05, 3.63) is 29.3 Å². The van der Waals surface area contributed by atoms with Gasteiger partial charge in [-0.15, -0.1) is 0 Å². The third-order valence-corrected chi connectivity index (χ3v) is 4.12. The summed E-state index contributed by atoms with van der Waals surface area (Å²) < 4.78 is 0. The summed E-state index contributed by atoms with van der Waals surface area (Å²) in [5, 5.41) is 17.2. The molecule has 4 rings (SSSR count). The highest BCUT2D eigenvalue weighted by molar-refractivity contribution is 6.29. The van der Waals surface area contributed by atoms with Crippen LogP contribution in [0.25, 0.3) is 5.57 Å². The van der Waals surface area contributed by atoms with E-state index in [1.54, 1.807) is 0 Å². The molecular weight excluding hydrogens is 322 g/mol. The van der Waals surface area contributed by atoms with Crippen molar-refractivity contribution in [1.82, 2.24) is 14.9 Å². The second kappa shape index (κ2) is 8.03. The van der Waals surface area contributed by atoms with Gasteiger partial charge in [-0.3, -0.25) is 4.98 Å². The van der Waals surface area contributed by atoms with Crippen molar-refractivity contribution in [2.24, 2.45) is 5.92 Å². The molecule has 0 unspecified atom stereocenters. The molecule has 8 heteroatoms. The Bertz CT molecular complexity index is 589. The van der Waals surface area contributed by atoms with Crippen LogP contribution in [0, 0.1) is 5.92 Å². The van der Waals surface area contributed by atoms with Gasteiger partial charge in [-0.05, 0) is 44.8 Å². The first-order valence-electron chi connectivity index (χ1n) is 7.34. The molecule has 0 saturated carbocycles. The average molecular weight is 340 g/mol. The van der Waals surface area contributed by atoms with Gasteiger partial charge in [0.1, 0.15) is 5.15 Å². The zero-order valence-electron chi connectivity index (χ0n) is 12.5. The molecule has 4 heterocycles. The summed E-state index contributed by atoms with van der Waals surface area (Å²) in [6, 6.07) is 0. The van der Waals surface area contributed by atoms with Gasteiger partial charge in [0, 0.05) is 6.08 Å². The Morgan fingerprint density at radius 2 is 1.78 bits per heavy atom. The van der Waals surface area contributed by atoms with Crippen molar-refractivity contribution in [2.75, 3.05) is 19.6 Å². The van der Waals surface area contributed by atoms with Gasteiger partial charge >= 0.3 is 11.9 Å². The van der Waals surface area contributed by atoms with E-state index in [4.69, 9.17) is 21.8 Å². The molecular formula is C15H18ClN3O4. The van der Waals surface area contributed by atoms with E-state index in [1.807, 2.05) is 0 Å². The summed E-state index contributed by atoms with van der Waals surface area (Å²) in [5.41, 5.74) is -0.574. The molecule has 1 aromatic heterocycles. The number of nitrogens with zero attached hydrogens (tertiary/aromatic N) is 3. The van der Waals surface area contributed by atoms with Gasteiger partial charge in [-0.25, -0.2) is 14.6 Å². The summed E-state index contributed by atoms with van der Waals surface area (Å²) in [6.45, 7) is 4.18. The summed E-state index contributed by atoms with van der Waals surface area (Å²) in [7, 11) is 0. The first-order valence-corrected chi connectivity index (χ1v) is 7.71. The quantitative estimate of drug-likeness (QED) is 0.809. The number of hydrogen-bond acceptors (Lipinski definition) is 5. The number of aliphatic carboxylic acids is 2. The molecule has 23 heavy (non-hydrogen) atoms. The van der Waals surface area contributed by atoms with Crippen LogP contribution in [0.1, 0.15) is 25.0 Å². The van der Waals surface area contributed by atoms with Gasteiger partial charge in [0.05, 0.1) is 23.7 Å². The number of piperidine rings is 3. The van der Waals surface area contributed by atoms with Crippen molar-refractivity contribution >= 4 is 29.1 Å². The van der Waals surface area contributed by atoms with Crippen LogP contribution in [-0.4, -0.2) is 56.7 Å². The van der Waals surface area contributed by atoms with Crippen LogP contribution in [0.5, 0.6) is 0 Å². The Morgan fingerprint density at radius 3 is 2.13 bits per heavy atom. The fourth-order valence-electron chi connectivity index (χ4n) is 2.70. The van der Waals surface area contributed by atoms with Crippen LogP contribution < -0.4 is 0 Å². The van der Waals surface area contributed by atoms with E-state index < -0.39 is 17.5 Å². The van der Waals surface area contributed by atoms with Crippen molar-refractivity contribution in [3.63, 3.8) is 0 Å². The molecule has 0 atom stereocenters. The molecule has 3 aliphatic rings. The predicted octanol–water partition coefficient (Wildman–Crippen LogP) is 1.78. The first-order chi connectivity index (χ1) is 11.0. The number of hydrogen-bond donors (Lipinski definition) is 2. The van der Waals surface area contributed by atoms with E-state index in [9.17, 15) is 9.59 Å². The van der Waals surface area contributed by atoms with Crippen molar-refractivity contribution in [1.29, 1.82) is 0 Å². The van der Waals surface area contributed by atoms with Crippen LogP contribution in [0.3, 0.4) is 0 Å². The first kappa shape index (κ1) is 17.4. The molecule has 0 aliphatic carbocycles. The lowest BCUT2D eigenvalue weighted by molar-refractivity contribution is -0.133. The SMILES string of the molecule is C1CN2CCC1CC2.O=C(O)/C=C(\C(=O)O)c1cncc(Cl)n1. The van der Waals surface area contributed by atoms with Crippen molar-refractivity contribution < 1.29 is 19.8 Å². The molecule has 1 aromatic rings. The minimum atomic E-state index is -1.41. The highest BCUT2D eigenvalue weighted by Crippen LogP contribution is 2.26. The fourth-order valence-corrected chi connectivity index (χ4v) is 2.85. The van der Waals surface area contributed by atoms with E-state index in [0.29, 0.717) is 6.08 Å². The van der Waals surface area contributed by atoms with Gasteiger partial charge in [-0.1, -0.05) is 11.6 Å². The fraction of sp³-hybridized carbons (Fsp3) is 0.467. The molecule has 0 aromatic carbocycles. The molecule has 124 valence electrons. The zero-order chi connectivity index (χ0) is 16.8. The minimum Gasteiger partial charge on any atom is -0.478 e. The zero-order valence-corrected chi connectivity index (χ0v) is 13.2. The summed E-state index contributed by atoms with van der Waals surface area (Å²) in [4.78, 5) is 30.9. The normalized spacial score (nSPS) is 22.9. The van der Waals surface area contributed by atoms with Gasteiger partial charge in [-0.2, -0.15) is 0 Å². The van der Waals surface area contributed by atoms with Crippen LogP contribution >= 0.6 is 11.6 Å². The largest absolute Gasteiger partial charge is 0.478 e. The molecule has 0 spiro atoms. The molecule has 2 N–H and O–H groups in total. The molecule has 0 radical (unpaired) electrons. The van der Waals surface area contributed by atoms with Gasteiger partial charge in [0.2, 0.25) is 0 Å². The summed E-state index contributed by atoms with van der Waals surface area (Å²) in [5.74, 6) is -1.68. The monoisotopic (exact) mass is 339 g/mol. The van der Waals surface area contributed by atoms with Crippen LogP contribution in [0.4, 0.5) is 0 Å². The van der Waals surface area contributed by atoms with Crippen molar-refractivity contribution in [2.45, 2.75) is 19.3 Å². The maximum absolute atomic E-state index is 10.7.